The van der Waals surface area contributed by atoms with E-state index >= 15 is 0 Å². The van der Waals surface area contributed by atoms with Crippen molar-refractivity contribution in [1.29, 1.82) is 0 Å². The van der Waals surface area contributed by atoms with Gasteiger partial charge in [0.05, 0.1) is 12.2 Å². The zero-order chi connectivity index (χ0) is 10.7. The predicted octanol–water partition coefficient (Wildman–Crippen LogP) is 2.62. The van der Waals surface area contributed by atoms with Crippen LogP contribution in [-0.4, -0.2) is 12.6 Å². The van der Waals surface area contributed by atoms with E-state index in [2.05, 4.69) is 0 Å². The van der Waals surface area contributed by atoms with Gasteiger partial charge in [-0.1, -0.05) is 0 Å². The van der Waals surface area contributed by atoms with Gasteiger partial charge < -0.3 is 4.74 Å². The van der Waals surface area contributed by atoms with E-state index in [-0.39, 0.29) is 5.82 Å². The molecule has 14 heavy (non-hydrogen) atoms. The van der Waals surface area contributed by atoms with Crippen molar-refractivity contribution < 1.29 is 13.9 Å². The summed E-state index contributed by atoms with van der Waals surface area (Å²) in [6.45, 7) is 5.38. The highest BCUT2D eigenvalue weighted by Crippen LogP contribution is 2.15. The number of hydrogen-bond acceptors (Lipinski definition) is 2. The van der Waals surface area contributed by atoms with Crippen molar-refractivity contribution in [1.82, 2.24) is 0 Å². The molecule has 0 amide bonds. The Bertz CT molecular complexity index is 359. The molecule has 0 aliphatic rings. The third-order valence-electron chi connectivity index (χ3n) is 2.00. The van der Waals surface area contributed by atoms with Crippen LogP contribution in [0.15, 0.2) is 12.1 Å². The highest BCUT2D eigenvalue weighted by atomic mass is 19.1. The molecule has 1 aromatic rings. The Morgan fingerprint density at radius 3 is 2.57 bits per heavy atom. The molecular formula is C11H13FO2. The first-order chi connectivity index (χ1) is 6.56. The van der Waals surface area contributed by atoms with E-state index in [1.165, 1.54) is 12.1 Å². The normalized spacial score (nSPS) is 10.0. The van der Waals surface area contributed by atoms with E-state index in [0.717, 1.165) is 0 Å². The quantitative estimate of drug-likeness (QED) is 0.679. The summed E-state index contributed by atoms with van der Waals surface area (Å²) in [7, 11) is 0. The molecule has 76 valence electrons. The van der Waals surface area contributed by atoms with Gasteiger partial charge in [-0.05, 0) is 44.0 Å². The summed E-state index contributed by atoms with van der Waals surface area (Å²) in [6.07, 6.45) is 0. The van der Waals surface area contributed by atoms with E-state index in [0.29, 0.717) is 23.3 Å². The van der Waals surface area contributed by atoms with Crippen molar-refractivity contribution in [2.75, 3.05) is 6.61 Å². The zero-order valence-electron chi connectivity index (χ0n) is 8.56. The van der Waals surface area contributed by atoms with Gasteiger partial charge in [0.2, 0.25) is 0 Å². The highest BCUT2D eigenvalue weighted by Gasteiger charge is 2.12. The van der Waals surface area contributed by atoms with Crippen LogP contribution >= 0.6 is 0 Å². The number of halogens is 1. The van der Waals surface area contributed by atoms with Gasteiger partial charge in [0.1, 0.15) is 5.82 Å². The Morgan fingerprint density at radius 1 is 1.36 bits per heavy atom. The minimum absolute atomic E-state index is 0.296. The van der Waals surface area contributed by atoms with Crippen LogP contribution in [-0.2, 0) is 4.74 Å². The molecule has 0 unspecified atom stereocenters. The second-order valence-corrected chi connectivity index (χ2v) is 3.14. The summed E-state index contributed by atoms with van der Waals surface area (Å²) in [5.41, 5.74) is 1.50. The first-order valence-corrected chi connectivity index (χ1v) is 4.50. The zero-order valence-corrected chi connectivity index (χ0v) is 8.56. The number of carbonyl (C=O) groups excluding carboxylic acids is 1. The van der Waals surface area contributed by atoms with E-state index in [1.54, 1.807) is 20.8 Å². The fourth-order valence-corrected chi connectivity index (χ4v) is 1.21. The monoisotopic (exact) mass is 196 g/mol. The van der Waals surface area contributed by atoms with E-state index in [4.69, 9.17) is 4.74 Å². The molecule has 0 saturated carbocycles. The topological polar surface area (TPSA) is 26.3 Å². The Kier molecular flexibility index (Phi) is 3.23. The van der Waals surface area contributed by atoms with Crippen molar-refractivity contribution in [3.8, 4) is 0 Å². The fraction of sp³-hybridized carbons (Fsp3) is 0.364. The smallest absolute Gasteiger partial charge is 0.338 e. The standard InChI is InChI=1S/C11H13FO2/c1-4-14-11(13)9-5-8(3)10(12)6-7(9)2/h5-6H,4H2,1-3H3. The summed E-state index contributed by atoms with van der Waals surface area (Å²) < 4.78 is 17.9. The Hall–Kier alpha value is -1.38. The molecule has 0 N–H and O–H groups in total. The molecule has 3 heteroatoms. The van der Waals surface area contributed by atoms with Crippen molar-refractivity contribution in [3.05, 3.63) is 34.6 Å². The van der Waals surface area contributed by atoms with E-state index < -0.39 is 5.97 Å². The van der Waals surface area contributed by atoms with Crippen molar-refractivity contribution >= 4 is 5.97 Å². The number of aryl methyl sites for hydroxylation is 2. The Morgan fingerprint density at radius 2 is 2.00 bits per heavy atom. The lowest BCUT2D eigenvalue weighted by atomic mass is 10.1. The van der Waals surface area contributed by atoms with Gasteiger partial charge in [0, 0.05) is 0 Å². The maximum Gasteiger partial charge on any atom is 0.338 e. The summed E-state index contributed by atoms with van der Waals surface area (Å²) in [6, 6.07) is 2.87. The van der Waals surface area contributed by atoms with Gasteiger partial charge in [0.25, 0.3) is 0 Å². The molecule has 1 aromatic carbocycles. The SMILES string of the molecule is CCOC(=O)c1cc(C)c(F)cc1C. The maximum atomic E-state index is 13.1. The van der Waals surface area contributed by atoms with Crippen LogP contribution < -0.4 is 0 Å². The van der Waals surface area contributed by atoms with Gasteiger partial charge in [-0.15, -0.1) is 0 Å². The number of esters is 1. The summed E-state index contributed by atoms with van der Waals surface area (Å²) in [5, 5.41) is 0. The molecule has 0 atom stereocenters. The molecule has 0 aliphatic carbocycles. The van der Waals surface area contributed by atoms with Crippen LogP contribution in [0.2, 0.25) is 0 Å². The third kappa shape index (κ3) is 2.10. The minimum atomic E-state index is -0.395. The molecule has 0 aromatic heterocycles. The molecule has 0 fully saturated rings. The first-order valence-electron chi connectivity index (χ1n) is 4.50. The fourth-order valence-electron chi connectivity index (χ4n) is 1.21. The van der Waals surface area contributed by atoms with Crippen LogP contribution in [0.25, 0.3) is 0 Å². The number of carbonyl (C=O) groups is 1. The summed E-state index contributed by atoms with van der Waals surface area (Å²) in [4.78, 5) is 11.4. The number of rotatable bonds is 2. The molecule has 0 spiro atoms. The average molecular weight is 196 g/mol. The second-order valence-electron chi connectivity index (χ2n) is 3.14. The van der Waals surface area contributed by atoms with Gasteiger partial charge in [-0.2, -0.15) is 0 Å². The van der Waals surface area contributed by atoms with Crippen LogP contribution in [0, 0.1) is 19.7 Å². The van der Waals surface area contributed by atoms with Crippen LogP contribution in [0.4, 0.5) is 4.39 Å². The maximum absolute atomic E-state index is 13.1. The lowest BCUT2D eigenvalue weighted by Gasteiger charge is -2.06. The predicted molar refractivity (Wildman–Crippen MR) is 51.8 cm³/mol. The molecule has 0 heterocycles. The molecule has 0 bridgehead atoms. The summed E-state index contributed by atoms with van der Waals surface area (Å²) in [5.74, 6) is -0.691. The molecule has 0 saturated heterocycles. The first kappa shape index (κ1) is 10.7. The molecular weight excluding hydrogens is 183 g/mol. The van der Waals surface area contributed by atoms with Crippen molar-refractivity contribution in [3.63, 3.8) is 0 Å². The lowest BCUT2D eigenvalue weighted by molar-refractivity contribution is 0.0525. The highest BCUT2D eigenvalue weighted by molar-refractivity contribution is 5.91. The minimum Gasteiger partial charge on any atom is -0.462 e. The van der Waals surface area contributed by atoms with Crippen molar-refractivity contribution in [2.45, 2.75) is 20.8 Å². The Labute approximate surface area is 82.7 Å². The third-order valence-corrected chi connectivity index (χ3v) is 2.00. The van der Waals surface area contributed by atoms with Crippen LogP contribution in [0.3, 0.4) is 0 Å². The number of hydrogen-bond donors (Lipinski definition) is 0. The number of benzene rings is 1. The lowest BCUT2D eigenvalue weighted by Crippen LogP contribution is -2.07. The molecule has 2 nitrogen and oxygen atoms in total. The summed E-state index contributed by atoms with van der Waals surface area (Å²) >= 11 is 0. The van der Waals surface area contributed by atoms with Gasteiger partial charge in [0.15, 0.2) is 0 Å². The van der Waals surface area contributed by atoms with Gasteiger partial charge >= 0.3 is 5.97 Å². The number of ether oxygens (including phenoxy) is 1. The van der Waals surface area contributed by atoms with E-state index in [1.807, 2.05) is 0 Å². The van der Waals surface area contributed by atoms with Crippen molar-refractivity contribution in [2.24, 2.45) is 0 Å². The van der Waals surface area contributed by atoms with Gasteiger partial charge in [-0.3, -0.25) is 0 Å². The van der Waals surface area contributed by atoms with Crippen LogP contribution in [0.1, 0.15) is 28.4 Å². The second kappa shape index (κ2) is 4.22. The molecule has 0 radical (unpaired) electrons. The largest absolute Gasteiger partial charge is 0.462 e. The Balaban J connectivity index is 3.09. The average Bonchev–Trinajstić information content (AvgIpc) is 2.11. The van der Waals surface area contributed by atoms with Crippen LogP contribution in [0.5, 0.6) is 0 Å². The molecule has 0 aliphatic heterocycles. The van der Waals surface area contributed by atoms with Gasteiger partial charge in [-0.25, -0.2) is 9.18 Å². The molecule has 1 rings (SSSR count). The van der Waals surface area contributed by atoms with E-state index in [9.17, 15) is 9.18 Å².